The highest BCUT2D eigenvalue weighted by Gasteiger charge is 2.51. The molecule has 10 rings (SSSR count). The maximum Gasteiger partial charge on any atom is 0.315 e. The number of nitrogens with zero attached hydrogens (tertiary/aromatic N) is 1. The highest BCUT2D eigenvalue weighted by atomic mass is 16.7. The van der Waals surface area contributed by atoms with Gasteiger partial charge in [0.15, 0.2) is 17.8 Å². The lowest BCUT2D eigenvalue weighted by Gasteiger charge is -2.56. The SMILES string of the molecule is COc1cc2c(cc1OC)CN(C[C@@H]1O[C@H](c3cccc(-c4cccc(CNC(=O)NC56CC7CC(CC(C7)C5)C6)c4)c3)O[C@H](c3ccc(CO)cc3)[C@@H]1C)CC2. The van der Waals surface area contributed by atoms with Gasteiger partial charge in [0.05, 0.1) is 33.0 Å². The third-order valence-corrected chi connectivity index (χ3v) is 13.6. The lowest BCUT2D eigenvalue weighted by Crippen LogP contribution is -2.61. The quantitative estimate of drug-likeness (QED) is 0.141. The molecule has 5 fully saturated rings. The molecule has 2 amide bonds. The van der Waals surface area contributed by atoms with Crippen LogP contribution >= 0.6 is 0 Å². The summed E-state index contributed by atoms with van der Waals surface area (Å²) in [5.74, 6) is 3.95. The fourth-order valence-electron chi connectivity index (χ4n) is 11.1. The zero-order chi connectivity index (χ0) is 39.1. The lowest BCUT2D eigenvalue weighted by atomic mass is 9.53. The van der Waals surface area contributed by atoms with Crippen molar-refractivity contribution in [3.05, 3.63) is 118 Å². The number of aliphatic hydroxyl groups is 1. The number of hydrogen-bond acceptors (Lipinski definition) is 7. The number of hydrogen-bond donors (Lipinski definition) is 3. The van der Waals surface area contributed by atoms with E-state index in [2.05, 4.69) is 95.3 Å². The molecule has 4 saturated carbocycles. The van der Waals surface area contributed by atoms with E-state index in [1.807, 2.05) is 12.1 Å². The fourth-order valence-corrected chi connectivity index (χ4v) is 11.1. The number of urea groups is 1. The normalized spacial score (nSPS) is 29.1. The van der Waals surface area contributed by atoms with Gasteiger partial charge in [-0.05, 0) is 126 Å². The van der Waals surface area contributed by atoms with Crippen LogP contribution in [-0.2, 0) is 35.6 Å². The van der Waals surface area contributed by atoms with E-state index in [1.54, 1.807) is 14.2 Å². The number of carbonyl (C=O) groups is 1. The van der Waals surface area contributed by atoms with Crippen LogP contribution in [0.15, 0.2) is 84.9 Å². The summed E-state index contributed by atoms with van der Waals surface area (Å²) >= 11 is 0. The van der Waals surface area contributed by atoms with Crippen molar-refractivity contribution >= 4 is 6.03 Å². The summed E-state index contributed by atoms with van der Waals surface area (Å²) in [5.41, 5.74) is 8.64. The van der Waals surface area contributed by atoms with E-state index in [-0.39, 0.29) is 36.3 Å². The first-order valence-corrected chi connectivity index (χ1v) is 21.0. The lowest BCUT2D eigenvalue weighted by molar-refractivity contribution is -0.276. The third-order valence-electron chi connectivity index (χ3n) is 13.6. The average Bonchev–Trinajstić information content (AvgIpc) is 3.22. The van der Waals surface area contributed by atoms with E-state index in [9.17, 15) is 9.90 Å². The number of fused-ring (bicyclic) bond motifs is 1. The van der Waals surface area contributed by atoms with Crippen molar-refractivity contribution in [3.63, 3.8) is 0 Å². The van der Waals surface area contributed by atoms with E-state index in [1.165, 1.54) is 30.4 Å². The van der Waals surface area contributed by atoms with Crippen molar-refractivity contribution in [2.24, 2.45) is 23.7 Å². The van der Waals surface area contributed by atoms with E-state index in [0.29, 0.717) is 6.54 Å². The van der Waals surface area contributed by atoms with Crippen LogP contribution in [0.3, 0.4) is 0 Å². The monoisotopic (exact) mass is 771 g/mol. The number of nitrogens with one attached hydrogen (secondary N) is 2. The summed E-state index contributed by atoms with van der Waals surface area (Å²) < 4.78 is 25.0. The largest absolute Gasteiger partial charge is 0.493 e. The third kappa shape index (κ3) is 8.04. The topological polar surface area (TPSA) is 102 Å². The Morgan fingerprint density at radius 3 is 2.16 bits per heavy atom. The van der Waals surface area contributed by atoms with Gasteiger partial charge in [-0.3, -0.25) is 4.90 Å². The van der Waals surface area contributed by atoms with E-state index >= 15 is 0 Å². The molecule has 2 aliphatic heterocycles. The van der Waals surface area contributed by atoms with Crippen molar-refractivity contribution in [1.29, 1.82) is 0 Å². The molecule has 3 N–H and O–H groups in total. The van der Waals surface area contributed by atoms with Crippen molar-refractivity contribution < 1.29 is 28.8 Å². The van der Waals surface area contributed by atoms with Gasteiger partial charge in [-0.15, -0.1) is 0 Å². The van der Waals surface area contributed by atoms with Gasteiger partial charge in [-0.1, -0.05) is 67.6 Å². The van der Waals surface area contributed by atoms with Crippen LogP contribution in [0.4, 0.5) is 4.79 Å². The summed E-state index contributed by atoms with van der Waals surface area (Å²) in [4.78, 5) is 15.7. The standard InChI is InChI=1S/C48H57N3O6/c1-30-44(28-51-15-14-39-21-42(54-2)43(55-3)22-41(39)27-51)56-46(57-45(30)36-12-10-31(29-52)11-13-36)40-9-5-8-38(20-40)37-7-4-6-32(19-37)26-49-47(53)50-48-23-33-16-34(24-48)18-35(17-33)25-48/h4-13,19-22,30,33-35,44-46,52H,14-18,23-29H2,1-3H3,(H2,49,50,53)/t30-,33?,34?,35?,44+,45+,46+,48?/m1/s1. The Balaban J connectivity index is 0.909. The van der Waals surface area contributed by atoms with Crippen LogP contribution in [0, 0.1) is 23.7 Å². The highest BCUT2D eigenvalue weighted by Crippen LogP contribution is 2.55. The zero-order valence-corrected chi connectivity index (χ0v) is 33.5. The average molecular weight is 772 g/mol. The minimum absolute atomic E-state index is 0.00189. The first kappa shape index (κ1) is 38.1. The molecule has 4 aliphatic carbocycles. The molecule has 0 aromatic heterocycles. The summed E-state index contributed by atoms with van der Waals surface area (Å²) in [7, 11) is 3.37. The predicted octanol–water partition coefficient (Wildman–Crippen LogP) is 8.48. The number of methoxy groups -OCH3 is 2. The van der Waals surface area contributed by atoms with Crippen LogP contribution < -0.4 is 20.1 Å². The molecule has 9 heteroatoms. The van der Waals surface area contributed by atoms with E-state index < -0.39 is 6.29 Å². The second kappa shape index (κ2) is 16.1. The maximum atomic E-state index is 13.2. The summed E-state index contributed by atoms with van der Waals surface area (Å²) in [5, 5.41) is 16.4. The molecule has 300 valence electrons. The molecule has 0 unspecified atom stereocenters. The second-order valence-electron chi connectivity index (χ2n) is 17.6. The molecule has 1 saturated heterocycles. The highest BCUT2D eigenvalue weighted by molar-refractivity contribution is 5.75. The molecule has 4 atom stereocenters. The number of carbonyl (C=O) groups excluding carboxylic acids is 1. The van der Waals surface area contributed by atoms with Crippen LogP contribution in [0.25, 0.3) is 11.1 Å². The van der Waals surface area contributed by atoms with Crippen molar-refractivity contribution in [2.45, 2.75) is 95.6 Å². The van der Waals surface area contributed by atoms with Gasteiger partial charge in [0.2, 0.25) is 0 Å². The number of ether oxygens (including phenoxy) is 4. The molecule has 0 spiro atoms. The minimum Gasteiger partial charge on any atom is -0.493 e. The van der Waals surface area contributed by atoms with Gasteiger partial charge in [0.1, 0.15) is 0 Å². The molecule has 2 heterocycles. The van der Waals surface area contributed by atoms with Gasteiger partial charge >= 0.3 is 6.03 Å². The summed E-state index contributed by atoms with van der Waals surface area (Å²) in [6.07, 6.45) is 7.54. The molecule has 4 aromatic rings. The Labute approximate surface area is 337 Å². The Morgan fingerprint density at radius 1 is 0.807 bits per heavy atom. The van der Waals surface area contributed by atoms with Gasteiger partial charge < -0.3 is 34.7 Å². The first-order valence-electron chi connectivity index (χ1n) is 21.0. The zero-order valence-electron chi connectivity index (χ0n) is 33.5. The Morgan fingerprint density at radius 2 is 1.47 bits per heavy atom. The fraction of sp³-hybridized carbons (Fsp3) is 0.479. The summed E-state index contributed by atoms with van der Waals surface area (Å²) in [6.45, 7) is 5.16. The number of rotatable bonds is 11. The molecule has 4 bridgehead atoms. The van der Waals surface area contributed by atoms with Crippen LogP contribution in [-0.4, -0.2) is 55.0 Å². The number of aliphatic hydroxyl groups excluding tert-OH is 1. The predicted molar refractivity (Wildman–Crippen MR) is 220 cm³/mol. The smallest absolute Gasteiger partial charge is 0.315 e. The maximum absolute atomic E-state index is 13.2. The van der Waals surface area contributed by atoms with Gasteiger partial charge in [-0.25, -0.2) is 4.79 Å². The molecular formula is C48H57N3O6. The molecule has 6 aliphatic rings. The van der Waals surface area contributed by atoms with E-state index in [4.69, 9.17) is 18.9 Å². The summed E-state index contributed by atoms with van der Waals surface area (Å²) in [6, 6.07) is 29.2. The van der Waals surface area contributed by atoms with Crippen LogP contribution in [0.1, 0.15) is 91.2 Å². The van der Waals surface area contributed by atoms with Crippen molar-refractivity contribution in [1.82, 2.24) is 15.5 Å². The number of benzene rings is 4. The van der Waals surface area contributed by atoms with E-state index in [0.717, 1.165) is 108 Å². The van der Waals surface area contributed by atoms with Crippen molar-refractivity contribution in [2.75, 3.05) is 27.3 Å². The first-order chi connectivity index (χ1) is 27.8. The second-order valence-corrected chi connectivity index (χ2v) is 17.6. The van der Waals surface area contributed by atoms with Crippen LogP contribution in [0.2, 0.25) is 0 Å². The Bertz CT molecular complexity index is 2030. The molecule has 9 nitrogen and oxygen atoms in total. The number of amides is 2. The van der Waals surface area contributed by atoms with Crippen molar-refractivity contribution in [3.8, 4) is 22.6 Å². The molecule has 0 radical (unpaired) electrons. The minimum atomic E-state index is -0.576. The van der Waals surface area contributed by atoms with Gasteiger partial charge in [0, 0.05) is 43.2 Å². The molecular weight excluding hydrogens is 715 g/mol. The van der Waals surface area contributed by atoms with Gasteiger partial charge in [0.25, 0.3) is 0 Å². The molecule has 4 aromatic carbocycles. The Kier molecular flexibility index (Phi) is 10.8. The molecule has 57 heavy (non-hydrogen) atoms. The Hall–Kier alpha value is -4.41. The van der Waals surface area contributed by atoms with Crippen LogP contribution in [0.5, 0.6) is 11.5 Å². The van der Waals surface area contributed by atoms with Gasteiger partial charge in [-0.2, -0.15) is 0 Å².